The van der Waals surface area contributed by atoms with Crippen LogP contribution in [-0.2, 0) is 0 Å². The Hall–Kier alpha value is -1.38. The summed E-state index contributed by atoms with van der Waals surface area (Å²) in [6.45, 7) is 0. The van der Waals surface area contributed by atoms with E-state index in [1.807, 2.05) is 12.4 Å². The van der Waals surface area contributed by atoms with Gasteiger partial charge in [0.2, 0.25) is 0 Å². The SMILES string of the molecule is c1cc(N2N=C3CCCCC3C23CCCCC3)ccn1. The van der Waals surface area contributed by atoms with Crippen molar-refractivity contribution in [2.75, 3.05) is 5.01 Å². The van der Waals surface area contributed by atoms with Crippen LogP contribution in [0.5, 0.6) is 0 Å². The van der Waals surface area contributed by atoms with Crippen LogP contribution in [0.3, 0.4) is 0 Å². The summed E-state index contributed by atoms with van der Waals surface area (Å²) in [6, 6.07) is 4.25. The molecule has 1 aliphatic heterocycles. The van der Waals surface area contributed by atoms with Gasteiger partial charge in [-0.25, -0.2) is 0 Å². The monoisotopic (exact) mass is 269 g/mol. The highest BCUT2D eigenvalue weighted by atomic mass is 15.5. The first kappa shape index (κ1) is 12.4. The molecule has 2 fully saturated rings. The van der Waals surface area contributed by atoms with Crippen molar-refractivity contribution in [2.45, 2.75) is 63.3 Å². The summed E-state index contributed by atoms with van der Waals surface area (Å²) in [5, 5.41) is 7.47. The molecule has 3 aliphatic rings. The number of hydrogen-bond acceptors (Lipinski definition) is 3. The quantitative estimate of drug-likeness (QED) is 0.766. The minimum absolute atomic E-state index is 0.287. The molecule has 0 saturated heterocycles. The summed E-state index contributed by atoms with van der Waals surface area (Å²) in [7, 11) is 0. The molecule has 0 amide bonds. The Labute approximate surface area is 121 Å². The van der Waals surface area contributed by atoms with Crippen LogP contribution in [0.1, 0.15) is 57.8 Å². The molecular weight excluding hydrogens is 246 g/mol. The van der Waals surface area contributed by atoms with Crippen LogP contribution in [0, 0.1) is 5.92 Å². The first-order chi connectivity index (χ1) is 9.90. The van der Waals surface area contributed by atoms with Crippen LogP contribution in [0.4, 0.5) is 5.69 Å². The van der Waals surface area contributed by atoms with Crippen LogP contribution in [0.2, 0.25) is 0 Å². The highest BCUT2D eigenvalue weighted by molar-refractivity contribution is 5.92. The fourth-order valence-electron chi connectivity index (χ4n) is 4.59. The summed E-state index contributed by atoms with van der Waals surface area (Å²) in [5.74, 6) is 0.713. The number of rotatable bonds is 1. The summed E-state index contributed by atoms with van der Waals surface area (Å²) < 4.78 is 0. The van der Waals surface area contributed by atoms with Gasteiger partial charge in [0.15, 0.2) is 0 Å². The van der Waals surface area contributed by atoms with Crippen molar-refractivity contribution >= 4 is 11.4 Å². The molecule has 1 spiro atoms. The molecule has 0 radical (unpaired) electrons. The van der Waals surface area contributed by atoms with Gasteiger partial charge in [-0.3, -0.25) is 9.99 Å². The lowest BCUT2D eigenvalue weighted by Crippen LogP contribution is -2.51. The van der Waals surface area contributed by atoms with Gasteiger partial charge in [-0.05, 0) is 44.2 Å². The number of fused-ring (bicyclic) bond motifs is 2. The normalized spacial score (nSPS) is 28.3. The highest BCUT2D eigenvalue weighted by Gasteiger charge is 2.51. The van der Waals surface area contributed by atoms with E-state index >= 15 is 0 Å². The van der Waals surface area contributed by atoms with Crippen molar-refractivity contribution in [3.8, 4) is 0 Å². The largest absolute Gasteiger partial charge is 0.265 e. The molecule has 3 nitrogen and oxygen atoms in total. The molecule has 0 N–H and O–H groups in total. The second kappa shape index (κ2) is 4.87. The molecular formula is C17H23N3. The topological polar surface area (TPSA) is 28.5 Å². The average Bonchev–Trinajstić information content (AvgIpc) is 2.84. The molecule has 0 bridgehead atoms. The molecule has 1 aromatic rings. The van der Waals surface area contributed by atoms with Gasteiger partial charge in [-0.2, -0.15) is 5.10 Å². The van der Waals surface area contributed by atoms with Crippen LogP contribution >= 0.6 is 0 Å². The zero-order valence-electron chi connectivity index (χ0n) is 12.1. The van der Waals surface area contributed by atoms with Gasteiger partial charge in [-0.1, -0.05) is 25.7 Å². The van der Waals surface area contributed by atoms with Crippen molar-refractivity contribution in [3.63, 3.8) is 0 Å². The third-order valence-electron chi connectivity index (χ3n) is 5.50. The highest BCUT2D eigenvalue weighted by Crippen LogP contribution is 2.50. The molecule has 1 aromatic heterocycles. The molecule has 3 heteroatoms. The number of pyridine rings is 1. The van der Waals surface area contributed by atoms with E-state index < -0.39 is 0 Å². The first-order valence-electron chi connectivity index (χ1n) is 8.18. The standard InChI is InChI=1S/C17H23N3/c1-4-10-17(11-5-1)15-6-2-3-7-16(15)19-20(17)14-8-12-18-13-9-14/h8-9,12-13,15H,1-7,10-11H2. The van der Waals surface area contributed by atoms with Gasteiger partial charge in [0.05, 0.1) is 11.2 Å². The van der Waals surface area contributed by atoms with Crippen molar-refractivity contribution in [1.82, 2.24) is 4.98 Å². The van der Waals surface area contributed by atoms with Gasteiger partial charge in [0.25, 0.3) is 0 Å². The predicted octanol–water partition coefficient (Wildman–Crippen LogP) is 4.15. The van der Waals surface area contributed by atoms with Crippen molar-refractivity contribution in [3.05, 3.63) is 24.5 Å². The number of aromatic nitrogens is 1. The van der Waals surface area contributed by atoms with E-state index in [9.17, 15) is 0 Å². The third-order valence-corrected chi connectivity index (χ3v) is 5.50. The van der Waals surface area contributed by atoms with Crippen molar-refractivity contribution in [1.29, 1.82) is 0 Å². The van der Waals surface area contributed by atoms with Gasteiger partial charge >= 0.3 is 0 Å². The molecule has 20 heavy (non-hydrogen) atoms. The minimum atomic E-state index is 0.287. The molecule has 4 rings (SSSR count). The van der Waals surface area contributed by atoms with Crippen LogP contribution < -0.4 is 5.01 Å². The molecule has 106 valence electrons. The van der Waals surface area contributed by atoms with E-state index in [0.29, 0.717) is 5.92 Å². The summed E-state index contributed by atoms with van der Waals surface area (Å²) in [6.07, 6.45) is 15.8. The second-order valence-electron chi connectivity index (χ2n) is 6.57. The lowest BCUT2D eigenvalue weighted by atomic mass is 9.67. The Balaban J connectivity index is 1.76. The number of hydrazone groups is 1. The number of anilines is 1. The Morgan fingerprint density at radius 2 is 1.80 bits per heavy atom. The minimum Gasteiger partial charge on any atom is -0.265 e. The van der Waals surface area contributed by atoms with Crippen molar-refractivity contribution in [2.24, 2.45) is 11.0 Å². The predicted molar refractivity (Wildman–Crippen MR) is 81.9 cm³/mol. The van der Waals surface area contributed by atoms with Gasteiger partial charge < -0.3 is 0 Å². The Morgan fingerprint density at radius 1 is 1.00 bits per heavy atom. The number of hydrogen-bond donors (Lipinski definition) is 0. The molecule has 2 heterocycles. The van der Waals surface area contributed by atoms with Crippen LogP contribution in [0.15, 0.2) is 29.6 Å². The maximum atomic E-state index is 5.08. The Bertz CT molecular complexity index is 502. The molecule has 1 atom stereocenters. The smallest absolute Gasteiger partial charge is 0.0715 e. The molecule has 1 unspecified atom stereocenters. The third kappa shape index (κ3) is 1.79. The van der Waals surface area contributed by atoms with Gasteiger partial charge in [-0.15, -0.1) is 0 Å². The zero-order chi connectivity index (χ0) is 13.4. The van der Waals surface area contributed by atoms with E-state index in [-0.39, 0.29) is 5.54 Å². The van der Waals surface area contributed by atoms with Gasteiger partial charge in [0, 0.05) is 24.0 Å². The van der Waals surface area contributed by atoms with E-state index in [0.717, 1.165) is 0 Å². The zero-order valence-corrected chi connectivity index (χ0v) is 12.1. The lowest BCUT2D eigenvalue weighted by Gasteiger charge is -2.45. The number of nitrogens with zero attached hydrogens (tertiary/aromatic N) is 3. The van der Waals surface area contributed by atoms with Crippen molar-refractivity contribution < 1.29 is 0 Å². The van der Waals surface area contributed by atoms with E-state index in [2.05, 4.69) is 22.1 Å². The summed E-state index contributed by atoms with van der Waals surface area (Å²) >= 11 is 0. The van der Waals surface area contributed by atoms with E-state index in [1.165, 1.54) is 69.2 Å². The molecule has 2 aliphatic carbocycles. The molecule has 2 saturated carbocycles. The van der Waals surface area contributed by atoms with E-state index in [4.69, 9.17) is 5.10 Å². The second-order valence-corrected chi connectivity index (χ2v) is 6.57. The van der Waals surface area contributed by atoms with Crippen LogP contribution in [0.25, 0.3) is 0 Å². The van der Waals surface area contributed by atoms with Gasteiger partial charge in [0.1, 0.15) is 0 Å². The maximum Gasteiger partial charge on any atom is 0.0715 e. The average molecular weight is 269 g/mol. The first-order valence-corrected chi connectivity index (χ1v) is 8.18. The summed E-state index contributed by atoms with van der Waals surface area (Å²) in [5.41, 5.74) is 3.01. The summed E-state index contributed by atoms with van der Waals surface area (Å²) in [4.78, 5) is 4.17. The Morgan fingerprint density at radius 3 is 2.60 bits per heavy atom. The van der Waals surface area contributed by atoms with E-state index in [1.54, 1.807) is 0 Å². The lowest BCUT2D eigenvalue weighted by molar-refractivity contribution is 0.224. The molecule has 0 aromatic carbocycles. The maximum absolute atomic E-state index is 5.08. The fourth-order valence-corrected chi connectivity index (χ4v) is 4.59. The Kier molecular flexibility index (Phi) is 3.01. The fraction of sp³-hybridized carbons (Fsp3) is 0.647. The van der Waals surface area contributed by atoms with Crippen LogP contribution in [-0.4, -0.2) is 16.2 Å².